The van der Waals surface area contributed by atoms with Crippen molar-refractivity contribution in [2.75, 3.05) is 18.8 Å². The molecular weight excluding hydrogens is 220 g/mol. The van der Waals surface area contributed by atoms with Crippen molar-refractivity contribution in [2.45, 2.75) is 45.6 Å². The van der Waals surface area contributed by atoms with Crippen molar-refractivity contribution >= 4 is 5.69 Å². The number of nitrogens with zero attached hydrogens (tertiary/aromatic N) is 1. The fourth-order valence-corrected chi connectivity index (χ4v) is 3.02. The number of likely N-dealkylation sites (tertiary alicyclic amines) is 1. The third kappa shape index (κ3) is 3.49. The van der Waals surface area contributed by atoms with Crippen molar-refractivity contribution in [2.24, 2.45) is 5.92 Å². The second-order valence-corrected chi connectivity index (χ2v) is 5.82. The van der Waals surface area contributed by atoms with Gasteiger partial charge in [-0.15, -0.1) is 0 Å². The van der Waals surface area contributed by atoms with Crippen LogP contribution in [0.25, 0.3) is 0 Å². The predicted octanol–water partition coefficient (Wildman–Crippen LogP) is 3.32. The van der Waals surface area contributed by atoms with Crippen LogP contribution in [-0.2, 0) is 6.42 Å². The lowest BCUT2D eigenvalue weighted by Gasteiger charge is -2.36. The van der Waals surface area contributed by atoms with Crippen LogP contribution in [0.5, 0.6) is 0 Å². The molecule has 1 aromatic rings. The van der Waals surface area contributed by atoms with Crippen LogP contribution in [0.2, 0.25) is 0 Å². The molecule has 0 spiro atoms. The van der Waals surface area contributed by atoms with Crippen molar-refractivity contribution in [3.05, 3.63) is 29.8 Å². The van der Waals surface area contributed by atoms with E-state index in [1.165, 1.54) is 37.9 Å². The summed E-state index contributed by atoms with van der Waals surface area (Å²) in [5, 5.41) is 0. The molecule has 1 heterocycles. The summed E-state index contributed by atoms with van der Waals surface area (Å²) in [5.41, 5.74) is 8.22. The Bertz CT molecular complexity index is 375. The van der Waals surface area contributed by atoms with Gasteiger partial charge in [-0.3, -0.25) is 0 Å². The molecule has 2 rings (SSSR count). The largest absolute Gasteiger partial charge is 0.399 e. The van der Waals surface area contributed by atoms with Gasteiger partial charge in [-0.25, -0.2) is 0 Å². The highest BCUT2D eigenvalue weighted by molar-refractivity contribution is 5.46. The lowest BCUT2D eigenvalue weighted by molar-refractivity contribution is 0.128. The van der Waals surface area contributed by atoms with Crippen molar-refractivity contribution < 1.29 is 0 Å². The molecule has 100 valence electrons. The Hall–Kier alpha value is -1.02. The minimum absolute atomic E-state index is 0.752. The van der Waals surface area contributed by atoms with Crippen molar-refractivity contribution in [1.29, 1.82) is 0 Å². The van der Waals surface area contributed by atoms with Crippen LogP contribution in [0.4, 0.5) is 5.69 Å². The van der Waals surface area contributed by atoms with Gasteiger partial charge in [0, 0.05) is 11.7 Å². The molecule has 0 aliphatic carbocycles. The van der Waals surface area contributed by atoms with Gasteiger partial charge in [0.1, 0.15) is 0 Å². The molecule has 1 aromatic carbocycles. The minimum atomic E-state index is 0.752. The van der Waals surface area contributed by atoms with E-state index < -0.39 is 0 Å². The Kier molecular flexibility index (Phi) is 4.65. The number of anilines is 1. The number of para-hydroxylation sites is 1. The molecule has 2 heteroatoms. The molecule has 1 aliphatic rings. The highest BCUT2D eigenvalue weighted by Gasteiger charge is 2.21. The highest BCUT2D eigenvalue weighted by Crippen LogP contribution is 2.22. The zero-order valence-corrected chi connectivity index (χ0v) is 11.7. The fraction of sp³-hybridized carbons (Fsp3) is 0.625. The fourth-order valence-electron chi connectivity index (χ4n) is 3.02. The number of aryl methyl sites for hydroxylation is 1. The molecule has 0 bridgehead atoms. The van der Waals surface area contributed by atoms with Crippen LogP contribution in [0.15, 0.2) is 24.3 Å². The van der Waals surface area contributed by atoms with Gasteiger partial charge in [-0.2, -0.15) is 0 Å². The molecule has 0 aromatic heterocycles. The zero-order chi connectivity index (χ0) is 13.0. The Morgan fingerprint density at radius 3 is 2.78 bits per heavy atom. The van der Waals surface area contributed by atoms with E-state index in [0.29, 0.717) is 0 Å². The van der Waals surface area contributed by atoms with Crippen LogP contribution in [0.1, 0.15) is 38.7 Å². The summed E-state index contributed by atoms with van der Waals surface area (Å²) in [6.45, 7) is 7.22. The van der Waals surface area contributed by atoms with Crippen LogP contribution in [0, 0.1) is 5.92 Å². The van der Waals surface area contributed by atoms with E-state index in [1.54, 1.807) is 0 Å². The van der Waals surface area contributed by atoms with Gasteiger partial charge in [0.05, 0.1) is 0 Å². The molecule has 2 nitrogen and oxygen atoms in total. The van der Waals surface area contributed by atoms with E-state index in [9.17, 15) is 0 Å². The number of piperidine rings is 1. The van der Waals surface area contributed by atoms with E-state index in [1.807, 2.05) is 12.1 Å². The number of nitrogen functional groups attached to an aromatic ring is 1. The minimum Gasteiger partial charge on any atom is -0.399 e. The first kappa shape index (κ1) is 13.4. The third-order valence-corrected chi connectivity index (χ3v) is 4.22. The Labute approximate surface area is 111 Å². The van der Waals surface area contributed by atoms with Crippen molar-refractivity contribution in [1.82, 2.24) is 4.90 Å². The van der Waals surface area contributed by atoms with E-state index in [0.717, 1.165) is 24.1 Å². The third-order valence-electron chi connectivity index (χ3n) is 4.22. The highest BCUT2D eigenvalue weighted by atomic mass is 15.2. The molecule has 2 N–H and O–H groups in total. The SMILES string of the molecule is CC1CCN(CCCc2ccccc2N)C(C)C1. The normalized spacial score (nSPS) is 25.2. The molecule has 0 saturated carbocycles. The van der Waals surface area contributed by atoms with Gasteiger partial charge in [-0.1, -0.05) is 25.1 Å². The summed E-state index contributed by atoms with van der Waals surface area (Å²) in [5.74, 6) is 0.904. The first-order valence-corrected chi connectivity index (χ1v) is 7.24. The van der Waals surface area contributed by atoms with E-state index >= 15 is 0 Å². The van der Waals surface area contributed by atoms with E-state index in [-0.39, 0.29) is 0 Å². The average molecular weight is 246 g/mol. The first-order valence-electron chi connectivity index (χ1n) is 7.24. The summed E-state index contributed by atoms with van der Waals surface area (Å²) in [4.78, 5) is 2.64. The van der Waals surface area contributed by atoms with Crippen LogP contribution < -0.4 is 5.73 Å². The van der Waals surface area contributed by atoms with Gasteiger partial charge < -0.3 is 10.6 Å². The van der Waals surface area contributed by atoms with Gasteiger partial charge in [0.15, 0.2) is 0 Å². The summed E-state index contributed by atoms with van der Waals surface area (Å²) in [7, 11) is 0. The van der Waals surface area contributed by atoms with Crippen molar-refractivity contribution in [3.63, 3.8) is 0 Å². The molecule has 1 fully saturated rings. The number of rotatable bonds is 4. The van der Waals surface area contributed by atoms with Crippen LogP contribution in [0.3, 0.4) is 0 Å². The van der Waals surface area contributed by atoms with Crippen LogP contribution in [-0.4, -0.2) is 24.0 Å². The second kappa shape index (κ2) is 6.24. The van der Waals surface area contributed by atoms with E-state index in [2.05, 4.69) is 30.9 Å². The number of hydrogen-bond donors (Lipinski definition) is 1. The maximum Gasteiger partial charge on any atom is 0.0346 e. The van der Waals surface area contributed by atoms with Crippen LogP contribution >= 0.6 is 0 Å². The lowest BCUT2D eigenvalue weighted by Crippen LogP contribution is -2.40. The Balaban J connectivity index is 1.77. The topological polar surface area (TPSA) is 29.3 Å². The number of hydrogen-bond acceptors (Lipinski definition) is 2. The molecular formula is C16H26N2. The number of nitrogens with two attached hydrogens (primary N) is 1. The number of benzene rings is 1. The quantitative estimate of drug-likeness (QED) is 0.826. The molecule has 1 saturated heterocycles. The van der Waals surface area contributed by atoms with Gasteiger partial charge in [-0.05, 0) is 63.2 Å². The van der Waals surface area contributed by atoms with Gasteiger partial charge in [0.25, 0.3) is 0 Å². The zero-order valence-electron chi connectivity index (χ0n) is 11.7. The Morgan fingerprint density at radius 1 is 1.28 bits per heavy atom. The molecule has 1 aliphatic heterocycles. The second-order valence-electron chi connectivity index (χ2n) is 5.82. The molecule has 18 heavy (non-hydrogen) atoms. The summed E-state index contributed by atoms with van der Waals surface area (Å²) in [6, 6.07) is 8.99. The first-order chi connectivity index (χ1) is 8.66. The van der Waals surface area contributed by atoms with Gasteiger partial charge in [0.2, 0.25) is 0 Å². The predicted molar refractivity (Wildman–Crippen MR) is 78.6 cm³/mol. The van der Waals surface area contributed by atoms with Gasteiger partial charge >= 0.3 is 0 Å². The lowest BCUT2D eigenvalue weighted by atomic mass is 9.93. The standard InChI is InChI=1S/C16H26N2/c1-13-9-11-18(14(2)12-13)10-5-7-15-6-3-4-8-16(15)17/h3-4,6,8,13-14H,5,7,9-12,17H2,1-2H3. The van der Waals surface area contributed by atoms with E-state index in [4.69, 9.17) is 5.73 Å². The molecule has 0 radical (unpaired) electrons. The maximum absolute atomic E-state index is 5.97. The smallest absolute Gasteiger partial charge is 0.0346 e. The maximum atomic E-state index is 5.97. The summed E-state index contributed by atoms with van der Waals surface area (Å²) >= 11 is 0. The summed E-state index contributed by atoms with van der Waals surface area (Å²) < 4.78 is 0. The summed E-state index contributed by atoms with van der Waals surface area (Å²) in [6.07, 6.45) is 5.03. The average Bonchev–Trinajstić information content (AvgIpc) is 2.34. The Morgan fingerprint density at radius 2 is 2.06 bits per heavy atom. The van der Waals surface area contributed by atoms with Crippen molar-refractivity contribution in [3.8, 4) is 0 Å². The monoisotopic (exact) mass is 246 g/mol. The molecule has 2 atom stereocenters. The molecule has 2 unspecified atom stereocenters. The molecule has 0 amide bonds.